The Morgan fingerprint density at radius 3 is 3.00 bits per heavy atom. The summed E-state index contributed by atoms with van der Waals surface area (Å²) in [4.78, 5) is 14.3. The molecule has 1 unspecified atom stereocenters. The van der Waals surface area contributed by atoms with E-state index in [1.807, 2.05) is 36.1 Å². The monoisotopic (exact) mass is 358 g/mol. The van der Waals surface area contributed by atoms with Gasteiger partial charge in [-0.2, -0.15) is 0 Å². The quantitative estimate of drug-likeness (QED) is 0.839. The van der Waals surface area contributed by atoms with Crippen molar-refractivity contribution in [1.82, 2.24) is 10.2 Å². The number of likely N-dealkylation sites (N-methyl/N-ethyl adjacent to an activating group) is 1. The number of hydrogen-bond acceptors (Lipinski definition) is 2. The molecule has 1 aromatic rings. The van der Waals surface area contributed by atoms with Gasteiger partial charge in [-0.3, -0.25) is 4.79 Å². The molecule has 4 heteroatoms. The molecule has 1 aliphatic heterocycles. The van der Waals surface area contributed by atoms with Crippen molar-refractivity contribution in [2.45, 2.75) is 25.8 Å². The van der Waals surface area contributed by atoms with E-state index < -0.39 is 0 Å². The molecule has 98 valence electrons. The Kier molecular flexibility index (Phi) is 5.00. The molecule has 0 aromatic heterocycles. The largest absolute Gasteiger partial charge is 0.337 e. The normalized spacial score (nSPS) is 18.9. The van der Waals surface area contributed by atoms with Crippen LogP contribution >= 0.6 is 22.6 Å². The first-order chi connectivity index (χ1) is 8.70. The van der Waals surface area contributed by atoms with Gasteiger partial charge < -0.3 is 10.2 Å². The Bertz CT molecular complexity index is 416. The summed E-state index contributed by atoms with van der Waals surface area (Å²) in [6, 6.07) is 8.27. The molecule has 1 atom stereocenters. The van der Waals surface area contributed by atoms with Crippen molar-refractivity contribution in [2.24, 2.45) is 0 Å². The summed E-state index contributed by atoms with van der Waals surface area (Å²) >= 11 is 2.24. The summed E-state index contributed by atoms with van der Waals surface area (Å²) < 4.78 is 1.11. The lowest BCUT2D eigenvalue weighted by Gasteiger charge is -2.24. The van der Waals surface area contributed by atoms with E-state index in [9.17, 15) is 4.79 Å². The number of carbonyl (C=O) groups excluding carboxylic acids is 1. The van der Waals surface area contributed by atoms with E-state index in [0.717, 1.165) is 28.8 Å². The molecule has 1 aliphatic rings. The second-order valence-electron chi connectivity index (χ2n) is 4.65. The number of benzene rings is 1. The van der Waals surface area contributed by atoms with Crippen LogP contribution in [-0.2, 0) is 0 Å². The van der Waals surface area contributed by atoms with Crippen molar-refractivity contribution in [1.29, 1.82) is 0 Å². The molecule has 1 amide bonds. The van der Waals surface area contributed by atoms with E-state index in [-0.39, 0.29) is 5.91 Å². The summed E-state index contributed by atoms with van der Waals surface area (Å²) in [7, 11) is 0. The van der Waals surface area contributed by atoms with Gasteiger partial charge in [0.25, 0.3) is 5.91 Å². The zero-order valence-corrected chi connectivity index (χ0v) is 12.8. The van der Waals surface area contributed by atoms with E-state index in [4.69, 9.17) is 0 Å². The second kappa shape index (κ2) is 6.52. The first-order valence-electron chi connectivity index (χ1n) is 6.49. The molecule has 2 rings (SSSR count). The predicted octanol–water partition coefficient (Wildman–Crippen LogP) is 2.51. The highest BCUT2D eigenvalue weighted by Gasteiger charge is 2.21. The first kappa shape index (κ1) is 13.8. The number of nitrogens with zero attached hydrogens (tertiary/aromatic N) is 1. The van der Waals surface area contributed by atoms with Gasteiger partial charge in [-0.05, 0) is 67.1 Å². The molecule has 0 bridgehead atoms. The molecular formula is C14H19IN2O. The summed E-state index contributed by atoms with van der Waals surface area (Å²) in [6.07, 6.45) is 2.40. The van der Waals surface area contributed by atoms with Crippen molar-refractivity contribution in [2.75, 3.05) is 19.6 Å². The maximum atomic E-state index is 12.4. The Labute approximate surface area is 122 Å². The Morgan fingerprint density at radius 1 is 1.56 bits per heavy atom. The SMILES string of the molecule is CCN(CC1CCCN1)C(=O)c1cccc(I)c1. The Hall–Kier alpha value is -0.620. The lowest BCUT2D eigenvalue weighted by atomic mass is 10.1. The fourth-order valence-corrected chi connectivity index (χ4v) is 2.88. The van der Waals surface area contributed by atoms with Gasteiger partial charge in [-0.1, -0.05) is 6.07 Å². The third kappa shape index (κ3) is 3.45. The smallest absolute Gasteiger partial charge is 0.253 e. The molecule has 0 radical (unpaired) electrons. The summed E-state index contributed by atoms with van der Waals surface area (Å²) in [5.74, 6) is 0.143. The van der Waals surface area contributed by atoms with Crippen LogP contribution in [0.2, 0.25) is 0 Å². The van der Waals surface area contributed by atoms with Gasteiger partial charge in [0.05, 0.1) is 0 Å². The highest BCUT2D eigenvalue weighted by atomic mass is 127. The molecule has 1 N–H and O–H groups in total. The lowest BCUT2D eigenvalue weighted by molar-refractivity contribution is 0.0751. The summed E-state index contributed by atoms with van der Waals surface area (Å²) in [6.45, 7) is 4.71. The predicted molar refractivity (Wildman–Crippen MR) is 81.8 cm³/mol. The number of amides is 1. The van der Waals surface area contributed by atoms with Crippen LogP contribution in [-0.4, -0.2) is 36.5 Å². The van der Waals surface area contributed by atoms with Gasteiger partial charge in [0.2, 0.25) is 0 Å². The van der Waals surface area contributed by atoms with Gasteiger partial charge in [-0.15, -0.1) is 0 Å². The lowest BCUT2D eigenvalue weighted by Crippen LogP contribution is -2.41. The van der Waals surface area contributed by atoms with Crippen molar-refractivity contribution in [3.63, 3.8) is 0 Å². The van der Waals surface area contributed by atoms with E-state index in [2.05, 4.69) is 27.9 Å². The van der Waals surface area contributed by atoms with Crippen LogP contribution in [0.5, 0.6) is 0 Å². The number of nitrogens with one attached hydrogen (secondary N) is 1. The molecule has 1 fully saturated rings. The second-order valence-corrected chi connectivity index (χ2v) is 5.89. The maximum Gasteiger partial charge on any atom is 0.253 e. The fourth-order valence-electron chi connectivity index (χ4n) is 2.34. The highest BCUT2D eigenvalue weighted by molar-refractivity contribution is 14.1. The standard InChI is InChI=1S/C14H19IN2O/c1-2-17(10-13-7-4-8-16-13)14(18)11-5-3-6-12(15)9-11/h3,5-6,9,13,16H,2,4,7-8,10H2,1H3. The van der Waals surface area contributed by atoms with Gasteiger partial charge in [0.1, 0.15) is 0 Å². The third-order valence-electron chi connectivity index (χ3n) is 3.34. The van der Waals surface area contributed by atoms with Gasteiger partial charge in [-0.25, -0.2) is 0 Å². The summed E-state index contributed by atoms with van der Waals surface area (Å²) in [5, 5.41) is 3.44. The van der Waals surface area contributed by atoms with Crippen molar-refractivity contribution >= 4 is 28.5 Å². The molecular weight excluding hydrogens is 339 g/mol. The number of rotatable bonds is 4. The summed E-state index contributed by atoms with van der Waals surface area (Å²) in [5.41, 5.74) is 0.793. The van der Waals surface area contributed by atoms with Gasteiger partial charge >= 0.3 is 0 Å². The van der Waals surface area contributed by atoms with Crippen molar-refractivity contribution < 1.29 is 4.79 Å². The average Bonchev–Trinajstić information content (AvgIpc) is 2.88. The number of carbonyl (C=O) groups is 1. The van der Waals surface area contributed by atoms with Crippen molar-refractivity contribution in [3.8, 4) is 0 Å². The van der Waals surface area contributed by atoms with Crippen molar-refractivity contribution in [3.05, 3.63) is 33.4 Å². The Balaban J connectivity index is 2.04. The van der Waals surface area contributed by atoms with E-state index in [1.165, 1.54) is 12.8 Å². The minimum Gasteiger partial charge on any atom is -0.337 e. The number of hydrogen-bond donors (Lipinski definition) is 1. The van der Waals surface area contributed by atoms with Gasteiger partial charge in [0.15, 0.2) is 0 Å². The van der Waals surface area contributed by atoms with Crippen LogP contribution in [0.4, 0.5) is 0 Å². The molecule has 3 nitrogen and oxygen atoms in total. The molecule has 18 heavy (non-hydrogen) atoms. The Morgan fingerprint density at radius 2 is 2.39 bits per heavy atom. The molecule has 0 saturated carbocycles. The van der Waals surface area contributed by atoms with Crippen LogP contribution in [0.3, 0.4) is 0 Å². The topological polar surface area (TPSA) is 32.3 Å². The van der Waals surface area contributed by atoms with Crippen LogP contribution in [0.25, 0.3) is 0 Å². The molecule has 1 heterocycles. The third-order valence-corrected chi connectivity index (χ3v) is 4.01. The van der Waals surface area contributed by atoms with E-state index in [0.29, 0.717) is 6.04 Å². The van der Waals surface area contributed by atoms with Crippen LogP contribution in [0.15, 0.2) is 24.3 Å². The van der Waals surface area contributed by atoms with Crippen LogP contribution in [0, 0.1) is 3.57 Å². The average molecular weight is 358 g/mol. The fraction of sp³-hybridized carbons (Fsp3) is 0.500. The zero-order valence-electron chi connectivity index (χ0n) is 10.7. The minimum absolute atomic E-state index is 0.143. The molecule has 0 spiro atoms. The molecule has 1 aromatic carbocycles. The molecule has 1 saturated heterocycles. The van der Waals surface area contributed by atoms with Crippen LogP contribution < -0.4 is 5.32 Å². The van der Waals surface area contributed by atoms with E-state index in [1.54, 1.807) is 0 Å². The first-order valence-corrected chi connectivity index (χ1v) is 7.57. The van der Waals surface area contributed by atoms with E-state index >= 15 is 0 Å². The zero-order chi connectivity index (χ0) is 13.0. The minimum atomic E-state index is 0.143. The number of halogens is 1. The molecule has 0 aliphatic carbocycles. The van der Waals surface area contributed by atoms with Gasteiger partial charge in [0, 0.05) is 28.3 Å². The maximum absolute atomic E-state index is 12.4. The van der Waals surface area contributed by atoms with Crippen LogP contribution in [0.1, 0.15) is 30.1 Å². The highest BCUT2D eigenvalue weighted by Crippen LogP contribution is 2.13.